The van der Waals surface area contributed by atoms with E-state index in [0.717, 1.165) is 16.8 Å². The number of hydrogen-bond acceptors (Lipinski definition) is 7. The molecule has 12 heteroatoms. The third-order valence-corrected chi connectivity index (χ3v) is 7.13. The molecule has 2 aliphatic rings. The number of unbranched alkanes of at least 4 members (excludes halogenated alkanes) is 1. The fraction of sp³-hybridized carbons (Fsp3) is 0.483. The summed E-state index contributed by atoms with van der Waals surface area (Å²) in [6.07, 6.45) is 6.31. The topological polar surface area (TPSA) is 111 Å². The van der Waals surface area contributed by atoms with Gasteiger partial charge >= 0.3 is 5.97 Å². The summed E-state index contributed by atoms with van der Waals surface area (Å²) >= 11 is 8.01. The summed E-state index contributed by atoms with van der Waals surface area (Å²) in [5, 5.41) is 23.4. The first-order chi connectivity index (χ1) is 19.6. The Bertz CT molecular complexity index is 1100. The molecule has 3 N–H and O–H groups in total. The number of amidine groups is 1. The SMILES string of the molecule is C/C=C\S/C=C/CCC.CCC1=C(CN2CC(F)C2COCC(=O)O)NC(C)=N[C@H]1c1ccc(F)cc1Cl.O=CO. The number of ether oxygens (including phenoxy) is 1. The maximum Gasteiger partial charge on any atom is 0.329 e. The molecule has 0 bridgehead atoms. The van der Waals surface area contributed by atoms with E-state index in [4.69, 9.17) is 31.3 Å². The smallest absolute Gasteiger partial charge is 0.329 e. The molecule has 3 atom stereocenters. The fourth-order valence-corrected chi connectivity index (χ4v) is 4.91. The molecule has 2 heterocycles. The van der Waals surface area contributed by atoms with Crippen molar-refractivity contribution < 1.29 is 33.3 Å². The van der Waals surface area contributed by atoms with Gasteiger partial charge in [-0.3, -0.25) is 14.7 Å². The molecule has 1 aromatic rings. The lowest BCUT2D eigenvalue weighted by Crippen LogP contribution is -2.61. The Balaban J connectivity index is 0.000000592. The summed E-state index contributed by atoms with van der Waals surface area (Å²) in [6, 6.07) is 3.44. The maximum atomic E-state index is 14.0. The number of aliphatic imine (C=N–C) groups is 1. The molecule has 0 aromatic heterocycles. The summed E-state index contributed by atoms with van der Waals surface area (Å²) in [5.41, 5.74) is 2.62. The highest BCUT2D eigenvalue weighted by molar-refractivity contribution is 8.04. The molecule has 2 aliphatic heterocycles. The molecule has 0 aliphatic carbocycles. The van der Waals surface area contributed by atoms with Gasteiger partial charge in [-0.25, -0.2) is 13.6 Å². The summed E-state index contributed by atoms with van der Waals surface area (Å²) in [4.78, 5) is 25.5. The third-order valence-electron chi connectivity index (χ3n) is 6.03. The maximum absolute atomic E-state index is 14.0. The molecule has 228 valence electrons. The number of carboxylic acids is 1. The Labute approximate surface area is 250 Å². The highest BCUT2D eigenvalue weighted by Crippen LogP contribution is 2.37. The summed E-state index contributed by atoms with van der Waals surface area (Å²) < 4.78 is 32.6. The number of alkyl halides is 1. The normalized spacial score (nSPS) is 20.4. The van der Waals surface area contributed by atoms with Crippen molar-refractivity contribution in [2.75, 3.05) is 26.3 Å². The molecule has 1 aromatic carbocycles. The predicted molar refractivity (Wildman–Crippen MR) is 162 cm³/mol. The number of allylic oxidation sites excluding steroid dienone is 2. The van der Waals surface area contributed by atoms with Gasteiger partial charge in [0, 0.05) is 23.8 Å². The van der Waals surface area contributed by atoms with Crippen molar-refractivity contribution in [1.29, 1.82) is 0 Å². The summed E-state index contributed by atoms with van der Waals surface area (Å²) in [7, 11) is 0. The van der Waals surface area contributed by atoms with Crippen molar-refractivity contribution in [3.63, 3.8) is 0 Å². The van der Waals surface area contributed by atoms with Gasteiger partial charge in [0.05, 0.1) is 18.5 Å². The van der Waals surface area contributed by atoms with Gasteiger partial charge in [-0.05, 0) is 60.8 Å². The van der Waals surface area contributed by atoms with E-state index in [1.807, 2.05) is 31.7 Å². The molecule has 0 spiro atoms. The van der Waals surface area contributed by atoms with Crippen LogP contribution in [-0.4, -0.2) is 71.9 Å². The molecular weight excluding hydrogens is 576 g/mol. The molecule has 1 fully saturated rings. The van der Waals surface area contributed by atoms with Gasteiger partial charge in [-0.1, -0.05) is 50.1 Å². The lowest BCUT2D eigenvalue weighted by atomic mass is 9.92. The van der Waals surface area contributed by atoms with Crippen LogP contribution in [-0.2, 0) is 14.3 Å². The number of aliphatic carboxylic acids is 1. The number of thioether (sulfide) groups is 1. The Morgan fingerprint density at radius 1 is 1.34 bits per heavy atom. The number of nitrogens with zero attached hydrogens (tertiary/aromatic N) is 2. The number of rotatable bonds is 12. The molecule has 0 amide bonds. The number of benzene rings is 1. The molecule has 0 radical (unpaired) electrons. The molecule has 8 nitrogen and oxygen atoms in total. The standard InChI is InChI=1S/C20H24ClF2N3O3.C8H14S.CH2O2/c1-3-13-17(8-26-7-16(23)18(26)9-29-10-19(27)28)24-11(2)25-20(13)14-5-4-12(22)6-15(14)21;1-3-5-6-8-9-7-4-2;2-1-3/h4-6,16,18,20H,3,7-10H2,1-2H3,(H,24,25)(H,27,28);4,6-8H,3,5H2,1-2H3;1H,(H,2,3)/b;7-4-,8-6+;/t16?,18?,20-;;/m1../s1. The minimum atomic E-state index is -1.08. The Hall–Kier alpha value is -2.73. The van der Waals surface area contributed by atoms with Gasteiger partial charge in [0.2, 0.25) is 0 Å². The van der Waals surface area contributed by atoms with Crippen molar-refractivity contribution >= 4 is 41.6 Å². The van der Waals surface area contributed by atoms with E-state index in [1.165, 1.54) is 25.0 Å². The lowest BCUT2D eigenvalue weighted by molar-refractivity contribution is -0.144. The highest BCUT2D eigenvalue weighted by atomic mass is 35.5. The number of nitrogens with one attached hydrogen (secondary N) is 1. The monoisotopic (exact) mass is 615 g/mol. The second kappa shape index (κ2) is 20.2. The average molecular weight is 616 g/mol. The summed E-state index contributed by atoms with van der Waals surface area (Å²) in [5.74, 6) is -0.796. The van der Waals surface area contributed by atoms with Crippen LogP contribution in [0.1, 0.15) is 58.6 Å². The van der Waals surface area contributed by atoms with Crippen LogP contribution in [0.4, 0.5) is 8.78 Å². The number of carboxylic acid groups (broad SMARTS) is 2. The van der Waals surface area contributed by atoms with Crippen LogP contribution >= 0.6 is 23.4 Å². The van der Waals surface area contributed by atoms with E-state index in [0.29, 0.717) is 23.8 Å². The molecule has 3 rings (SSSR count). The minimum Gasteiger partial charge on any atom is -0.483 e. The lowest BCUT2D eigenvalue weighted by Gasteiger charge is -2.45. The van der Waals surface area contributed by atoms with E-state index in [-0.39, 0.29) is 25.7 Å². The number of likely N-dealkylation sites (tertiary alicyclic amines) is 1. The van der Waals surface area contributed by atoms with Crippen molar-refractivity contribution in [3.05, 3.63) is 68.8 Å². The first-order valence-electron chi connectivity index (χ1n) is 13.3. The third kappa shape index (κ3) is 12.8. The molecular formula is C29H40ClF2N3O5S. The average Bonchev–Trinajstić information content (AvgIpc) is 2.91. The molecule has 0 saturated carbocycles. The number of halogens is 3. The molecule has 1 saturated heterocycles. The Morgan fingerprint density at radius 3 is 2.61 bits per heavy atom. The molecule has 2 unspecified atom stereocenters. The van der Waals surface area contributed by atoms with Gasteiger partial charge in [0.25, 0.3) is 6.47 Å². The number of hydrogen-bond donors (Lipinski definition) is 3. The minimum absolute atomic E-state index is 0.0164. The van der Waals surface area contributed by atoms with Gasteiger partial charge in [-0.2, -0.15) is 0 Å². The van der Waals surface area contributed by atoms with Crippen LogP contribution in [0.15, 0.2) is 57.4 Å². The molecule has 41 heavy (non-hydrogen) atoms. The highest BCUT2D eigenvalue weighted by Gasteiger charge is 2.40. The second-order valence-corrected chi connectivity index (χ2v) is 10.3. The van der Waals surface area contributed by atoms with E-state index < -0.39 is 30.6 Å². The first-order valence-corrected chi connectivity index (χ1v) is 14.6. The zero-order chi connectivity index (χ0) is 30.8. The Morgan fingerprint density at radius 2 is 2.05 bits per heavy atom. The van der Waals surface area contributed by atoms with Crippen molar-refractivity contribution in [1.82, 2.24) is 10.2 Å². The fourth-order valence-electron chi connectivity index (χ4n) is 4.14. The van der Waals surface area contributed by atoms with Gasteiger partial charge < -0.3 is 20.3 Å². The van der Waals surface area contributed by atoms with Gasteiger partial charge in [-0.15, -0.1) is 11.8 Å². The van der Waals surface area contributed by atoms with Crippen LogP contribution in [0.3, 0.4) is 0 Å². The van der Waals surface area contributed by atoms with Crippen LogP contribution in [0, 0.1) is 5.82 Å². The van der Waals surface area contributed by atoms with Crippen LogP contribution < -0.4 is 5.32 Å². The Kier molecular flexibility index (Phi) is 17.9. The predicted octanol–water partition coefficient (Wildman–Crippen LogP) is 6.60. The van der Waals surface area contributed by atoms with Crippen LogP contribution in [0.5, 0.6) is 0 Å². The van der Waals surface area contributed by atoms with Crippen molar-refractivity contribution in [2.45, 2.75) is 65.2 Å². The van der Waals surface area contributed by atoms with Crippen LogP contribution in [0.2, 0.25) is 5.02 Å². The quantitative estimate of drug-likeness (QED) is 0.226. The zero-order valence-electron chi connectivity index (χ0n) is 23.9. The van der Waals surface area contributed by atoms with E-state index >= 15 is 0 Å². The van der Waals surface area contributed by atoms with Gasteiger partial charge in [0.1, 0.15) is 24.6 Å². The second-order valence-electron chi connectivity index (χ2n) is 9.06. The largest absolute Gasteiger partial charge is 0.483 e. The van der Waals surface area contributed by atoms with E-state index in [2.05, 4.69) is 34.1 Å². The van der Waals surface area contributed by atoms with Crippen molar-refractivity contribution in [2.24, 2.45) is 4.99 Å². The summed E-state index contributed by atoms with van der Waals surface area (Å²) in [6.45, 7) is 8.06. The van der Waals surface area contributed by atoms with Crippen LogP contribution in [0.25, 0.3) is 0 Å². The first kappa shape index (κ1) is 36.3. The number of carbonyl (C=O) groups is 2. The van der Waals surface area contributed by atoms with Crippen molar-refractivity contribution in [3.8, 4) is 0 Å². The van der Waals surface area contributed by atoms with E-state index in [9.17, 15) is 13.6 Å². The van der Waals surface area contributed by atoms with Gasteiger partial charge in [0.15, 0.2) is 0 Å². The zero-order valence-corrected chi connectivity index (χ0v) is 25.4. The van der Waals surface area contributed by atoms with E-state index in [1.54, 1.807) is 17.8 Å².